The predicted octanol–water partition coefficient (Wildman–Crippen LogP) is 1.55. The van der Waals surface area contributed by atoms with Gasteiger partial charge in [-0.15, -0.1) is 0 Å². The van der Waals surface area contributed by atoms with Gasteiger partial charge in [0, 0.05) is 5.92 Å². The molecule has 0 radical (unpaired) electrons. The number of aliphatic carboxylic acids is 1. The number of carbonyl (C=O) groups excluding carboxylic acids is 1. The average Bonchev–Trinajstić information content (AvgIpc) is 2.26. The summed E-state index contributed by atoms with van der Waals surface area (Å²) >= 11 is 0. The molecule has 0 saturated heterocycles. The molecule has 86 valence electrons. The maximum atomic E-state index is 11.7. The molecule has 0 aromatic carbocycles. The molecule has 1 aliphatic carbocycles. The number of carboxylic acids is 1. The third-order valence-electron chi connectivity index (χ3n) is 3.00. The normalized spacial score (nSPS) is 19.5. The molecule has 2 N–H and O–H groups in total. The Morgan fingerprint density at radius 3 is 2.40 bits per heavy atom. The largest absolute Gasteiger partial charge is 0.480 e. The zero-order valence-electron chi connectivity index (χ0n) is 9.16. The summed E-state index contributed by atoms with van der Waals surface area (Å²) in [6.45, 7) is 1.76. The molecule has 0 aliphatic heterocycles. The standard InChI is InChI=1S/C11H19NO3/c1-2-9(11(14)15)12-10(13)8-6-4-3-5-7-8/h8-9H,2-7H2,1H3,(H,12,13)(H,14,15). The monoisotopic (exact) mass is 213 g/mol. The molecular formula is C11H19NO3. The van der Waals surface area contributed by atoms with E-state index < -0.39 is 12.0 Å². The van der Waals surface area contributed by atoms with Gasteiger partial charge in [0.05, 0.1) is 0 Å². The van der Waals surface area contributed by atoms with Crippen LogP contribution in [-0.4, -0.2) is 23.0 Å². The van der Waals surface area contributed by atoms with Gasteiger partial charge >= 0.3 is 5.97 Å². The smallest absolute Gasteiger partial charge is 0.326 e. The second-order valence-corrected chi connectivity index (χ2v) is 4.14. The van der Waals surface area contributed by atoms with Gasteiger partial charge in [-0.3, -0.25) is 4.79 Å². The predicted molar refractivity (Wildman–Crippen MR) is 56.4 cm³/mol. The lowest BCUT2D eigenvalue weighted by atomic mass is 9.88. The highest BCUT2D eigenvalue weighted by atomic mass is 16.4. The molecule has 1 saturated carbocycles. The topological polar surface area (TPSA) is 66.4 Å². The highest BCUT2D eigenvalue weighted by Gasteiger charge is 2.25. The van der Waals surface area contributed by atoms with Crippen molar-refractivity contribution >= 4 is 11.9 Å². The van der Waals surface area contributed by atoms with Crippen LogP contribution in [0.5, 0.6) is 0 Å². The fourth-order valence-electron chi connectivity index (χ4n) is 1.99. The van der Waals surface area contributed by atoms with Crippen molar-refractivity contribution in [1.29, 1.82) is 0 Å². The Hall–Kier alpha value is -1.06. The lowest BCUT2D eigenvalue weighted by Gasteiger charge is -2.22. The van der Waals surface area contributed by atoms with Crippen molar-refractivity contribution in [2.24, 2.45) is 5.92 Å². The maximum absolute atomic E-state index is 11.7. The highest BCUT2D eigenvalue weighted by Crippen LogP contribution is 2.23. The van der Waals surface area contributed by atoms with Crippen LogP contribution in [0.25, 0.3) is 0 Å². The van der Waals surface area contributed by atoms with Gasteiger partial charge < -0.3 is 10.4 Å². The quantitative estimate of drug-likeness (QED) is 0.744. The minimum Gasteiger partial charge on any atom is -0.480 e. The zero-order chi connectivity index (χ0) is 11.3. The van der Waals surface area contributed by atoms with Crippen molar-refractivity contribution < 1.29 is 14.7 Å². The van der Waals surface area contributed by atoms with Gasteiger partial charge in [0.15, 0.2) is 0 Å². The van der Waals surface area contributed by atoms with E-state index in [4.69, 9.17) is 5.11 Å². The van der Waals surface area contributed by atoms with E-state index in [9.17, 15) is 9.59 Å². The number of carbonyl (C=O) groups is 2. The summed E-state index contributed by atoms with van der Waals surface area (Å²) in [5.41, 5.74) is 0. The zero-order valence-corrected chi connectivity index (χ0v) is 9.16. The van der Waals surface area contributed by atoms with E-state index in [1.807, 2.05) is 0 Å². The summed E-state index contributed by atoms with van der Waals surface area (Å²) in [6, 6.07) is -0.723. The Labute approximate surface area is 90.0 Å². The van der Waals surface area contributed by atoms with Crippen LogP contribution in [0.3, 0.4) is 0 Å². The summed E-state index contributed by atoms with van der Waals surface area (Å²) in [5, 5.41) is 11.4. The lowest BCUT2D eigenvalue weighted by molar-refractivity contribution is -0.142. The molecule has 0 spiro atoms. The third kappa shape index (κ3) is 3.53. The van der Waals surface area contributed by atoms with Gasteiger partial charge in [-0.2, -0.15) is 0 Å². The molecule has 1 aliphatic rings. The Balaban J connectivity index is 2.42. The molecule has 0 aromatic heterocycles. The van der Waals surface area contributed by atoms with Crippen LogP contribution in [0.15, 0.2) is 0 Å². The number of amides is 1. The summed E-state index contributed by atoms with van der Waals surface area (Å²) in [7, 11) is 0. The third-order valence-corrected chi connectivity index (χ3v) is 3.00. The van der Waals surface area contributed by atoms with E-state index in [2.05, 4.69) is 5.32 Å². The molecule has 4 nitrogen and oxygen atoms in total. The second kappa shape index (κ2) is 5.73. The Kier molecular flexibility index (Phi) is 4.59. The van der Waals surface area contributed by atoms with Crippen molar-refractivity contribution in [3.63, 3.8) is 0 Å². The van der Waals surface area contributed by atoms with Crippen LogP contribution < -0.4 is 5.32 Å². The number of hydrogen-bond donors (Lipinski definition) is 2. The molecule has 1 unspecified atom stereocenters. The van der Waals surface area contributed by atoms with Crippen LogP contribution in [0.1, 0.15) is 45.4 Å². The number of carboxylic acid groups (broad SMARTS) is 1. The second-order valence-electron chi connectivity index (χ2n) is 4.14. The first-order valence-electron chi connectivity index (χ1n) is 5.68. The fourth-order valence-corrected chi connectivity index (χ4v) is 1.99. The van der Waals surface area contributed by atoms with Gasteiger partial charge in [0.25, 0.3) is 0 Å². The van der Waals surface area contributed by atoms with E-state index >= 15 is 0 Å². The van der Waals surface area contributed by atoms with Crippen LogP contribution in [0, 0.1) is 5.92 Å². The summed E-state index contributed by atoms with van der Waals surface area (Å²) in [4.78, 5) is 22.4. The van der Waals surface area contributed by atoms with Crippen LogP contribution >= 0.6 is 0 Å². The molecule has 0 bridgehead atoms. The minimum absolute atomic E-state index is 0.0344. The average molecular weight is 213 g/mol. The van der Waals surface area contributed by atoms with Gasteiger partial charge in [0.1, 0.15) is 6.04 Å². The molecule has 15 heavy (non-hydrogen) atoms. The number of nitrogens with one attached hydrogen (secondary N) is 1. The van der Waals surface area contributed by atoms with Crippen molar-refractivity contribution in [2.75, 3.05) is 0 Å². The van der Waals surface area contributed by atoms with Gasteiger partial charge in [-0.25, -0.2) is 4.79 Å². The Bertz CT molecular complexity index is 234. The van der Waals surface area contributed by atoms with Crippen molar-refractivity contribution in [1.82, 2.24) is 5.32 Å². The first-order chi connectivity index (χ1) is 7.15. The molecule has 1 fully saturated rings. The summed E-state index contributed by atoms with van der Waals surface area (Å²) in [5.74, 6) is -0.988. The van der Waals surface area contributed by atoms with Crippen LogP contribution in [-0.2, 0) is 9.59 Å². The van der Waals surface area contributed by atoms with Gasteiger partial charge in [0.2, 0.25) is 5.91 Å². The van der Waals surface area contributed by atoms with E-state index in [-0.39, 0.29) is 11.8 Å². The number of hydrogen-bond acceptors (Lipinski definition) is 2. The Morgan fingerprint density at radius 1 is 1.33 bits per heavy atom. The van der Waals surface area contributed by atoms with E-state index in [1.165, 1.54) is 6.42 Å². The van der Waals surface area contributed by atoms with E-state index in [1.54, 1.807) is 6.92 Å². The molecule has 1 rings (SSSR count). The first-order valence-corrected chi connectivity index (χ1v) is 5.68. The number of rotatable bonds is 4. The molecule has 1 atom stereocenters. The SMILES string of the molecule is CCC(NC(=O)C1CCCCC1)C(=O)O. The van der Waals surface area contributed by atoms with Crippen LogP contribution in [0.2, 0.25) is 0 Å². The highest BCUT2D eigenvalue weighted by molar-refractivity contribution is 5.84. The first kappa shape index (κ1) is 12.0. The van der Waals surface area contributed by atoms with Gasteiger partial charge in [-0.05, 0) is 19.3 Å². The van der Waals surface area contributed by atoms with Crippen molar-refractivity contribution in [3.8, 4) is 0 Å². The van der Waals surface area contributed by atoms with Crippen molar-refractivity contribution in [3.05, 3.63) is 0 Å². The molecule has 0 heterocycles. The van der Waals surface area contributed by atoms with Crippen LogP contribution in [0.4, 0.5) is 0 Å². The fraction of sp³-hybridized carbons (Fsp3) is 0.818. The Morgan fingerprint density at radius 2 is 1.93 bits per heavy atom. The lowest BCUT2D eigenvalue weighted by Crippen LogP contribution is -2.43. The van der Waals surface area contributed by atoms with E-state index in [0.717, 1.165) is 25.7 Å². The molecule has 1 amide bonds. The maximum Gasteiger partial charge on any atom is 0.326 e. The molecule has 0 aromatic rings. The van der Waals surface area contributed by atoms with Gasteiger partial charge in [-0.1, -0.05) is 26.2 Å². The molecule has 4 heteroatoms. The summed E-state index contributed by atoms with van der Waals surface area (Å²) < 4.78 is 0. The summed E-state index contributed by atoms with van der Waals surface area (Å²) in [6.07, 6.45) is 5.61. The molecular weight excluding hydrogens is 194 g/mol. The van der Waals surface area contributed by atoms with E-state index in [0.29, 0.717) is 6.42 Å². The minimum atomic E-state index is -0.943. The van der Waals surface area contributed by atoms with Crippen molar-refractivity contribution in [2.45, 2.75) is 51.5 Å².